The molecule has 1 fully saturated rings. The third-order valence-electron chi connectivity index (χ3n) is 2.17. The molecule has 0 bridgehead atoms. The second kappa shape index (κ2) is 5.30. The third-order valence-corrected chi connectivity index (χ3v) is 2.17. The summed E-state index contributed by atoms with van der Waals surface area (Å²) in [6.45, 7) is 6.27. The van der Waals surface area contributed by atoms with Crippen LogP contribution in [0.2, 0.25) is 0 Å². The maximum absolute atomic E-state index is 11.3. The van der Waals surface area contributed by atoms with Gasteiger partial charge in [0.05, 0.1) is 13.1 Å². The predicted octanol–water partition coefficient (Wildman–Crippen LogP) is -0.231. The van der Waals surface area contributed by atoms with Crippen molar-refractivity contribution >= 4 is 11.8 Å². The average Bonchev–Trinajstić information content (AvgIpc) is 2.94. The molecule has 1 saturated carbocycles. The first-order chi connectivity index (χ1) is 7.37. The summed E-state index contributed by atoms with van der Waals surface area (Å²) in [5, 5.41) is 8.44. The molecule has 0 aromatic rings. The van der Waals surface area contributed by atoms with Gasteiger partial charge in [-0.3, -0.25) is 9.59 Å². The molecule has 5 nitrogen and oxygen atoms in total. The molecule has 92 valence electrons. The van der Waals surface area contributed by atoms with Crippen LogP contribution in [0, 0.1) is 0 Å². The molecule has 1 aliphatic rings. The van der Waals surface area contributed by atoms with Gasteiger partial charge in [0.2, 0.25) is 11.8 Å². The molecule has 1 rings (SSSR count). The van der Waals surface area contributed by atoms with Gasteiger partial charge in [-0.25, -0.2) is 0 Å². The Bertz CT molecular complexity index is 267. The van der Waals surface area contributed by atoms with Crippen LogP contribution < -0.4 is 16.0 Å². The average molecular weight is 227 g/mol. The highest BCUT2D eigenvalue weighted by molar-refractivity contribution is 5.85. The summed E-state index contributed by atoms with van der Waals surface area (Å²) in [6, 6.07) is 0.345. The molecule has 0 saturated heterocycles. The summed E-state index contributed by atoms with van der Waals surface area (Å²) in [5.74, 6) is -0.257. The first-order valence-corrected chi connectivity index (χ1v) is 5.68. The molecule has 0 spiro atoms. The zero-order valence-electron chi connectivity index (χ0n) is 10.2. The largest absolute Gasteiger partial charge is 0.352 e. The van der Waals surface area contributed by atoms with E-state index in [4.69, 9.17) is 0 Å². The lowest BCUT2D eigenvalue weighted by Crippen LogP contribution is -2.45. The lowest BCUT2D eigenvalue weighted by molar-refractivity contribution is -0.125. The standard InChI is InChI=1S/C11H21N3O2/c1-11(2,3)13-7-9(15)12-6-10(16)14-8-4-5-8/h8,13H,4-7H2,1-3H3,(H,12,15)(H,14,16). The van der Waals surface area contributed by atoms with Crippen LogP contribution >= 0.6 is 0 Å². The van der Waals surface area contributed by atoms with Crippen LogP contribution in [0.3, 0.4) is 0 Å². The van der Waals surface area contributed by atoms with E-state index in [2.05, 4.69) is 16.0 Å². The summed E-state index contributed by atoms with van der Waals surface area (Å²) in [4.78, 5) is 22.6. The van der Waals surface area contributed by atoms with Crippen molar-refractivity contribution < 1.29 is 9.59 Å². The van der Waals surface area contributed by atoms with Gasteiger partial charge in [-0.15, -0.1) is 0 Å². The Morgan fingerprint density at radius 1 is 1.12 bits per heavy atom. The summed E-state index contributed by atoms with van der Waals surface area (Å²) in [5.41, 5.74) is -0.0897. The number of carbonyl (C=O) groups excluding carboxylic acids is 2. The van der Waals surface area contributed by atoms with Crippen molar-refractivity contribution in [2.75, 3.05) is 13.1 Å². The molecule has 0 aromatic carbocycles. The highest BCUT2D eigenvalue weighted by Crippen LogP contribution is 2.18. The molecule has 0 radical (unpaired) electrons. The normalized spacial score (nSPS) is 15.7. The molecule has 0 aromatic heterocycles. The van der Waals surface area contributed by atoms with Crippen LogP contribution in [0.4, 0.5) is 0 Å². The first-order valence-electron chi connectivity index (χ1n) is 5.68. The maximum Gasteiger partial charge on any atom is 0.239 e. The zero-order chi connectivity index (χ0) is 12.2. The monoisotopic (exact) mass is 227 g/mol. The van der Waals surface area contributed by atoms with Gasteiger partial charge in [0.25, 0.3) is 0 Å². The molecule has 16 heavy (non-hydrogen) atoms. The predicted molar refractivity (Wildman–Crippen MR) is 61.9 cm³/mol. The Labute approximate surface area is 96.4 Å². The number of hydrogen-bond acceptors (Lipinski definition) is 3. The van der Waals surface area contributed by atoms with Crippen molar-refractivity contribution in [1.29, 1.82) is 0 Å². The van der Waals surface area contributed by atoms with E-state index in [1.54, 1.807) is 0 Å². The lowest BCUT2D eigenvalue weighted by Gasteiger charge is -2.19. The molecule has 0 heterocycles. The molecule has 0 unspecified atom stereocenters. The number of amides is 2. The van der Waals surface area contributed by atoms with E-state index >= 15 is 0 Å². The summed E-state index contributed by atoms with van der Waals surface area (Å²) >= 11 is 0. The van der Waals surface area contributed by atoms with E-state index in [9.17, 15) is 9.59 Å². The van der Waals surface area contributed by atoms with Crippen LogP contribution in [0.1, 0.15) is 33.6 Å². The minimum Gasteiger partial charge on any atom is -0.352 e. The summed E-state index contributed by atoms with van der Waals surface area (Å²) in [6.07, 6.45) is 2.12. The van der Waals surface area contributed by atoms with Crippen molar-refractivity contribution in [3.63, 3.8) is 0 Å². The number of nitrogens with one attached hydrogen (secondary N) is 3. The van der Waals surface area contributed by atoms with Gasteiger partial charge < -0.3 is 16.0 Å². The van der Waals surface area contributed by atoms with Crippen molar-refractivity contribution in [2.45, 2.75) is 45.2 Å². The van der Waals surface area contributed by atoms with E-state index in [0.717, 1.165) is 12.8 Å². The highest BCUT2D eigenvalue weighted by Gasteiger charge is 2.23. The Morgan fingerprint density at radius 2 is 1.75 bits per heavy atom. The SMILES string of the molecule is CC(C)(C)NCC(=O)NCC(=O)NC1CC1. The van der Waals surface area contributed by atoms with E-state index < -0.39 is 0 Å². The highest BCUT2D eigenvalue weighted by atomic mass is 16.2. The number of carbonyl (C=O) groups is 2. The molecule has 0 atom stereocenters. The van der Waals surface area contributed by atoms with Crippen LogP contribution in [0.25, 0.3) is 0 Å². The Kier molecular flexibility index (Phi) is 4.29. The van der Waals surface area contributed by atoms with E-state index in [1.165, 1.54) is 0 Å². The zero-order valence-corrected chi connectivity index (χ0v) is 10.2. The first kappa shape index (κ1) is 13.0. The van der Waals surface area contributed by atoms with Crippen molar-refractivity contribution in [1.82, 2.24) is 16.0 Å². The quantitative estimate of drug-likeness (QED) is 0.607. The fourth-order valence-corrected chi connectivity index (χ4v) is 1.09. The molecule has 3 N–H and O–H groups in total. The molecular formula is C11H21N3O2. The minimum atomic E-state index is -0.152. The van der Waals surface area contributed by atoms with Gasteiger partial charge in [0.1, 0.15) is 0 Å². The van der Waals surface area contributed by atoms with Gasteiger partial charge in [-0.1, -0.05) is 0 Å². The van der Waals surface area contributed by atoms with Gasteiger partial charge in [0, 0.05) is 11.6 Å². The van der Waals surface area contributed by atoms with Crippen LogP contribution in [-0.4, -0.2) is 36.5 Å². The van der Waals surface area contributed by atoms with E-state index in [1.807, 2.05) is 20.8 Å². The van der Waals surface area contributed by atoms with Crippen LogP contribution in [0.5, 0.6) is 0 Å². The second-order valence-electron chi connectivity index (χ2n) is 5.22. The minimum absolute atomic E-state index is 0.0706. The number of hydrogen-bond donors (Lipinski definition) is 3. The molecule has 0 aliphatic heterocycles. The number of rotatable bonds is 5. The van der Waals surface area contributed by atoms with Crippen LogP contribution in [-0.2, 0) is 9.59 Å². The van der Waals surface area contributed by atoms with Gasteiger partial charge in [0.15, 0.2) is 0 Å². The lowest BCUT2D eigenvalue weighted by atomic mass is 10.1. The Hall–Kier alpha value is -1.10. The molecular weight excluding hydrogens is 206 g/mol. The van der Waals surface area contributed by atoms with Gasteiger partial charge >= 0.3 is 0 Å². The smallest absolute Gasteiger partial charge is 0.239 e. The van der Waals surface area contributed by atoms with E-state index in [-0.39, 0.29) is 30.4 Å². The Morgan fingerprint density at radius 3 is 2.25 bits per heavy atom. The van der Waals surface area contributed by atoms with Gasteiger partial charge in [-0.2, -0.15) is 0 Å². The Balaban J connectivity index is 2.07. The second-order valence-corrected chi connectivity index (χ2v) is 5.22. The fraction of sp³-hybridized carbons (Fsp3) is 0.818. The van der Waals surface area contributed by atoms with Gasteiger partial charge in [-0.05, 0) is 33.6 Å². The molecule has 5 heteroatoms. The van der Waals surface area contributed by atoms with Crippen molar-refractivity contribution in [2.24, 2.45) is 0 Å². The molecule has 1 aliphatic carbocycles. The maximum atomic E-state index is 11.3. The summed E-state index contributed by atoms with van der Waals surface area (Å²) in [7, 11) is 0. The molecule has 2 amide bonds. The summed E-state index contributed by atoms with van der Waals surface area (Å²) < 4.78 is 0. The van der Waals surface area contributed by atoms with Crippen molar-refractivity contribution in [3.05, 3.63) is 0 Å². The van der Waals surface area contributed by atoms with Crippen molar-refractivity contribution in [3.8, 4) is 0 Å². The third kappa shape index (κ3) is 6.40. The van der Waals surface area contributed by atoms with Crippen LogP contribution in [0.15, 0.2) is 0 Å². The fourth-order valence-electron chi connectivity index (χ4n) is 1.09. The van der Waals surface area contributed by atoms with E-state index in [0.29, 0.717) is 6.04 Å². The topological polar surface area (TPSA) is 70.2 Å².